The first-order chi connectivity index (χ1) is 8.08. The van der Waals surface area contributed by atoms with Crippen LogP contribution in [0.2, 0.25) is 0 Å². The smallest absolute Gasteiger partial charge is 0.196 e. The highest BCUT2D eigenvalue weighted by molar-refractivity contribution is 6.10. The van der Waals surface area contributed by atoms with E-state index in [9.17, 15) is 9.90 Å². The molecular formula is C15H14O2. The summed E-state index contributed by atoms with van der Waals surface area (Å²) in [5, 5.41) is 9.77. The fourth-order valence-corrected chi connectivity index (χ4v) is 1.78. The van der Waals surface area contributed by atoms with Crippen LogP contribution >= 0.6 is 0 Å². The summed E-state index contributed by atoms with van der Waals surface area (Å²) in [6.45, 7) is 3.81. The Morgan fingerprint density at radius 3 is 2.35 bits per heavy atom. The molecule has 17 heavy (non-hydrogen) atoms. The van der Waals surface area contributed by atoms with Crippen LogP contribution in [0.25, 0.3) is 0 Å². The van der Waals surface area contributed by atoms with Gasteiger partial charge < -0.3 is 5.11 Å². The van der Waals surface area contributed by atoms with Gasteiger partial charge in [-0.3, -0.25) is 4.79 Å². The first-order valence-corrected chi connectivity index (χ1v) is 5.49. The van der Waals surface area contributed by atoms with Crippen molar-refractivity contribution in [1.29, 1.82) is 0 Å². The van der Waals surface area contributed by atoms with Crippen molar-refractivity contribution in [3.05, 3.63) is 64.7 Å². The van der Waals surface area contributed by atoms with Gasteiger partial charge >= 0.3 is 0 Å². The van der Waals surface area contributed by atoms with Crippen LogP contribution in [0.4, 0.5) is 0 Å². The van der Waals surface area contributed by atoms with Gasteiger partial charge in [0.2, 0.25) is 0 Å². The van der Waals surface area contributed by atoms with E-state index in [1.165, 1.54) is 0 Å². The Balaban J connectivity index is 2.44. The van der Waals surface area contributed by atoms with E-state index in [2.05, 4.69) is 0 Å². The van der Waals surface area contributed by atoms with E-state index in [4.69, 9.17) is 0 Å². The van der Waals surface area contributed by atoms with Crippen molar-refractivity contribution in [1.82, 2.24) is 0 Å². The molecule has 0 saturated carbocycles. The summed E-state index contributed by atoms with van der Waals surface area (Å²) in [7, 11) is 0. The zero-order chi connectivity index (χ0) is 12.4. The van der Waals surface area contributed by atoms with Crippen LogP contribution in [0.5, 0.6) is 5.75 Å². The van der Waals surface area contributed by atoms with Gasteiger partial charge in [-0.15, -0.1) is 0 Å². The van der Waals surface area contributed by atoms with Gasteiger partial charge in [-0.1, -0.05) is 29.8 Å². The molecule has 0 amide bonds. The molecule has 0 unspecified atom stereocenters. The average molecular weight is 226 g/mol. The van der Waals surface area contributed by atoms with Gasteiger partial charge in [-0.05, 0) is 37.6 Å². The Morgan fingerprint density at radius 2 is 1.71 bits per heavy atom. The molecule has 0 aliphatic carbocycles. The van der Waals surface area contributed by atoms with Crippen molar-refractivity contribution in [2.75, 3.05) is 0 Å². The average Bonchev–Trinajstić information content (AvgIpc) is 2.28. The molecule has 0 heterocycles. The summed E-state index contributed by atoms with van der Waals surface area (Å²) in [6, 6.07) is 12.4. The molecule has 2 nitrogen and oxygen atoms in total. The van der Waals surface area contributed by atoms with E-state index < -0.39 is 0 Å². The van der Waals surface area contributed by atoms with Gasteiger partial charge in [-0.2, -0.15) is 0 Å². The molecule has 0 aliphatic heterocycles. The number of rotatable bonds is 2. The molecule has 2 aromatic rings. The van der Waals surface area contributed by atoms with Crippen LogP contribution in [0, 0.1) is 13.8 Å². The lowest BCUT2D eigenvalue weighted by atomic mass is 10.00. The van der Waals surface area contributed by atoms with Crippen LogP contribution < -0.4 is 0 Å². The highest BCUT2D eigenvalue weighted by atomic mass is 16.3. The Labute approximate surface area is 101 Å². The number of ketones is 1. The second-order valence-corrected chi connectivity index (χ2v) is 4.22. The maximum atomic E-state index is 12.2. The van der Waals surface area contributed by atoms with Crippen molar-refractivity contribution >= 4 is 5.78 Å². The van der Waals surface area contributed by atoms with Crippen LogP contribution in [-0.2, 0) is 0 Å². The predicted molar refractivity (Wildman–Crippen MR) is 67.5 cm³/mol. The van der Waals surface area contributed by atoms with Crippen molar-refractivity contribution in [2.45, 2.75) is 13.8 Å². The molecule has 0 aliphatic rings. The molecule has 0 aromatic heterocycles. The van der Waals surface area contributed by atoms with Gasteiger partial charge in [0, 0.05) is 5.56 Å². The lowest BCUT2D eigenvalue weighted by Crippen LogP contribution is -2.02. The number of phenolic OH excluding ortho intramolecular Hbond substituents is 1. The fourth-order valence-electron chi connectivity index (χ4n) is 1.78. The molecule has 2 aromatic carbocycles. The Bertz CT molecular complexity index is 571. The number of hydrogen-bond donors (Lipinski definition) is 1. The molecule has 0 spiro atoms. The predicted octanol–water partition coefficient (Wildman–Crippen LogP) is 3.24. The summed E-state index contributed by atoms with van der Waals surface area (Å²) in [6.07, 6.45) is 0. The lowest BCUT2D eigenvalue weighted by Gasteiger charge is -2.05. The van der Waals surface area contributed by atoms with Crippen LogP contribution in [0.3, 0.4) is 0 Å². The molecule has 0 bridgehead atoms. The summed E-state index contributed by atoms with van der Waals surface area (Å²) < 4.78 is 0. The first kappa shape index (κ1) is 11.4. The number of aromatic hydroxyl groups is 1. The minimum absolute atomic E-state index is 0.0384. The second kappa shape index (κ2) is 4.42. The van der Waals surface area contributed by atoms with Crippen molar-refractivity contribution in [3.63, 3.8) is 0 Å². The standard InChI is InChI=1S/C15H14O2/c1-10-4-3-5-12(8-10)15(17)13-7-6-11(2)9-14(13)16/h3-9,16H,1-2H3. The number of carbonyl (C=O) groups excluding carboxylic acids is 1. The number of aryl methyl sites for hydroxylation is 2. The minimum atomic E-state index is -0.147. The summed E-state index contributed by atoms with van der Waals surface area (Å²) in [5.41, 5.74) is 2.91. The van der Waals surface area contributed by atoms with E-state index in [1.54, 1.807) is 18.2 Å². The van der Waals surface area contributed by atoms with Gasteiger partial charge in [-0.25, -0.2) is 0 Å². The van der Waals surface area contributed by atoms with E-state index in [0.29, 0.717) is 11.1 Å². The molecule has 0 atom stereocenters. The zero-order valence-electron chi connectivity index (χ0n) is 9.90. The summed E-state index contributed by atoms with van der Waals surface area (Å²) >= 11 is 0. The molecule has 1 N–H and O–H groups in total. The normalized spacial score (nSPS) is 10.2. The van der Waals surface area contributed by atoms with Crippen molar-refractivity contribution in [2.24, 2.45) is 0 Å². The van der Waals surface area contributed by atoms with Crippen molar-refractivity contribution in [3.8, 4) is 5.75 Å². The summed E-state index contributed by atoms with van der Waals surface area (Å²) in [4.78, 5) is 12.2. The zero-order valence-corrected chi connectivity index (χ0v) is 9.90. The third kappa shape index (κ3) is 2.36. The Kier molecular flexibility index (Phi) is 2.96. The van der Waals surface area contributed by atoms with E-state index in [0.717, 1.165) is 11.1 Å². The van der Waals surface area contributed by atoms with Gasteiger partial charge in [0.1, 0.15) is 5.75 Å². The van der Waals surface area contributed by atoms with Crippen LogP contribution in [-0.4, -0.2) is 10.9 Å². The van der Waals surface area contributed by atoms with Crippen LogP contribution in [0.1, 0.15) is 27.0 Å². The van der Waals surface area contributed by atoms with Crippen LogP contribution in [0.15, 0.2) is 42.5 Å². The molecule has 0 radical (unpaired) electrons. The molecule has 2 rings (SSSR count). The molecule has 0 fully saturated rings. The fraction of sp³-hybridized carbons (Fsp3) is 0.133. The second-order valence-electron chi connectivity index (χ2n) is 4.22. The number of hydrogen-bond acceptors (Lipinski definition) is 2. The first-order valence-electron chi connectivity index (χ1n) is 5.49. The summed E-state index contributed by atoms with van der Waals surface area (Å²) in [5.74, 6) is -0.109. The van der Waals surface area contributed by atoms with E-state index in [-0.39, 0.29) is 11.5 Å². The number of benzene rings is 2. The number of phenols is 1. The van der Waals surface area contributed by atoms with E-state index >= 15 is 0 Å². The maximum Gasteiger partial charge on any atom is 0.196 e. The highest BCUT2D eigenvalue weighted by Crippen LogP contribution is 2.22. The lowest BCUT2D eigenvalue weighted by molar-refractivity contribution is 0.103. The minimum Gasteiger partial charge on any atom is -0.507 e. The quantitative estimate of drug-likeness (QED) is 0.798. The molecule has 2 heteroatoms. The molecule has 0 saturated heterocycles. The van der Waals surface area contributed by atoms with Crippen molar-refractivity contribution < 1.29 is 9.90 Å². The maximum absolute atomic E-state index is 12.2. The van der Waals surface area contributed by atoms with Gasteiger partial charge in [0.05, 0.1) is 5.56 Å². The molecule has 86 valence electrons. The molecular weight excluding hydrogens is 212 g/mol. The third-order valence-electron chi connectivity index (χ3n) is 2.68. The Morgan fingerprint density at radius 1 is 1.00 bits per heavy atom. The third-order valence-corrected chi connectivity index (χ3v) is 2.68. The SMILES string of the molecule is Cc1cccc(C(=O)c2ccc(C)cc2O)c1. The topological polar surface area (TPSA) is 37.3 Å². The highest BCUT2D eigenvalue weighted by Gasteiger charge is 2.13. The Hall–Kier alpha value is -2.09. The van der Waals surface area contributed by atoms with E-state index in [1.807, 2.05) is 38.1 Å². The monoisotopic (exact) mass is 226 g/mol. The van der Waals surface area contributed by atoms with Gasteiger partial charge in [0.15, 0.2) is 5.78 Å². The largest absolute Gasteiger partial charge is 0.507 e. The van der Waals surface area contributed by atoms with Gasteiger partial charge in [0.25, 0.3) is 0 Å². The number of carbonyl (C=O) groups is 1.